The van der Waals surface area contributed by atoms with Gasteiger partial charge in [-0.1, -0.05) is 12.1 Å². The number of hydrazone groups is 1. The van der Waals surface area contributed by atoms with Crippen molar-refractivity contribution in [1.29, 1.82) is 0 Å². The third-order valence-corrected chi connectivity index (χ3v) is 1.70. The van der Waals surface area contributed by atoms with E-state index < -0.39 is 5.97 Å². The SMILES string of the molecule is NC(=S)NN=Cc1cccc(OCC(=O)O)c1. The first-order valence-electron chi connectivity index (χ1n) is 4.61. The number of thiocarbonyl (C=S) groups is 1. The Morgan fingerprint density at radius 2 is 2.41 bits per heavy atom. The Kier molecular flexibility index (Phi) is 4.89. The van der Waals surface area contributed by atoms with E-state index >= 15 is 0 Å². The molecule has 1 rings (SSSR count). The van der Waals surface area contributed by atoms with Gasteiger partial charge < -0.3 is 15.6 Å². The lowest BCUT2D eigenvalue weighted by molar-refractivity contribution is -0.139. The Labute approximate surface area is 103 Å². The zero-order valence-electron chi connectivity index (χ0n) is 8.79. The van der Waals surface area contributed by atoms with Crippen molar-refractivity contribution < 1.29 is 14.6 Å². The van der Waals surface area contributed by atoms with Crippen molar-refractivity contribution in [2.45, 2.75) is 0 Å². The van der Waals surface area contributed by atoms with Crippen molar-refractivity contribution in [2.24, 2.45) is 10.8 Å². The second-order valence-electron chi connectivity index (χ2n) is 2.99. The first-order valence-corrected chi connectivity index (χ1v) is 5.02. The number of carboxylic acid groups (broad SMARTS) is 1. The summed E-state index contributed by atoms with van der Waals surface area (Å²) in [7, 11) is 0. The molecule has 6 nitrogen and oxygen atoms in total. The molecule has 0 saturated heterocycles. The monoisotopic (exact) mass is 253 g/mol. The smallest absolute Gasteiger partial charge is 0.341 e. The molecular formula is C10H11N3O3S. The van der Waals surface area contributed by atoms with Crippen molar-refractivity contribution in [3.05, 3.63) is 29.8 Å². The lowest BCUT2D eigenvalue weighted by Gasteiger charge is -2.03. The largest absolute Gasteiger partial charge is 0.482 e. The average molecular weight is 253 g/mol. The van der Waals surface area contributed by atoms with E-state index in [2.05, 4.69) is 22.7 Å². The highest BCUT2D eigenvalue weighted by atomic mass is 32.1. The number of rotatable bonds is 5. The van der Waals surface area contributed by atoms with Gasteiger partial charge in [0.15, 0.2) is 11.7 Å². The number of benzene rings is 1. The molecule has 1 aromatic carbocycles. The molecule has 7 heteroatoms. The highest BCUT2D eigenvalue weighted by Gasteiger charge is 1.99. The van der Waals surface area contributed by atoms with Gasteiger partial charge in [-0.15, -0.1) is 0 Å². The molecule has 0 aromatic heterocycles. The number of aliphatic carboxylic acids is 1. The maximum absolute atomic E-state index is 10.3. The minimum absolute atomic E-state index is 0.0690. The highest BCUT2D eigenvalue weighted by molar-refractivity contribution is 7.80. The van der Waals surface area contributed by atoms with Crippen molar-refractivity contribution >= 4 is 29.5 Å². The molecule has 0 aliphatic heterocycles. The molecular weight excluding hydrogens is 242 g/mol. The number of nitrogens with two attached hydrogens (primary N) is 1. The van der Waals surface area contributed by atoms with E-state index in [0.29, 0.717) is 5.75 Å². The van der Waals surface area contributed by atoms with Gasteiger partial charge in [-0.25, -0.2) is 4.79 Å². The lowest BCUT2D eigenvalue weighted by atomic mass is 10.2. The highest BCUT2D eigenvalue weighted by Crippen LogP contribution is 2.11. The van der Waals surface area contributed by atoms with Gasteiger partial charge in [-0.05, 0) is 29.9 Å². The summed E-state index contributed by atoms with van der Waals surface area (Å²) in [5, 5.41) is 12.3. The predicted molar refractivity (Wildman–Crippen MR) is 67.1 cm³/mol. The van der Waals surface area contributed by atoms with E-state index in [9.17, 15) is 4.79 Å². The quantitative estimate of drug-likeness (QED) is 0.397. The summed E-state index contributed by atoms with van der Waals surface area (Å²) in [4.78, 5) is 10.3. The van der Waals surface area contributed by atoms with Crippen LogP contribution >= 0.6 is 12.2 Å². The van der Waals surface area contributed by atoms with E-state index in [1.54, 1.807) is 24.3 Å². The van der Waals surface area contributed by atoms with Gasteiger partial charge in [0.05, 0.1) is 6.21 Å². The summed E-state index contributed by atoms with van der Waals surface area (Å²) in [6.45, 7) is -0.383. The molecule has 0 unspecified atom stereocenters. The first kappa shape index (κ1) is 12.9. The zero-order valence-corrected chi connectivity index (χ0v) is 9.61. The summed E-state index contributed by atoms with van der Waals surface area (Å²) in [6, 6.07) is 6.80. The van der Waals surface area contributed by atoms with Crippen LogP contribution in [0.4, 0.5) is 0 Å². The van der Waals surface area contributed by atoms with Gasteiger partial charge in [0.25, 0.3) is 0 Å². The van der Waals surface area contributed by atoms with Gasteiger partial charge in [-0.3, -0.25) is 5.43 Å². The number of hydrogen-bond donors (Lipinski definition) is 3. The normalized spacial score (nSPS) is 10.1. The maximum Gasteiger partial charge on any atom is 0.341 e. The summed E-state index contributed by atoms with van der Waals surface area (Å²) in [5.74, 6) is -0.578. The maximum atomic E-state index is 10.3. The average Bonchev–Trinajstić information content (AvgIpc) is 2.26. The fourth-order valence-corrected chi connectivity index (χ4v) is 1.05. The van der Waals surface area contributed by atoms with Gasteiger partial charge in [0, 0.05) is 0 Å². The fraction of sp³-hybridized carbons (Fsp3) is 0.100. The third-order valence-electron chi connectivity index (χ3n) is 1.61. The Bertz CT molecular complexity index is 448. The zero-order chi connectivity index (χ0) is 12.7. The number of carbonyl (C=O) groups is 1. The third kappa shape index (κ3) is 5.47. The molecule has 0 spiro atoms. The molecule has 0 heterocycles. The second-order valence-corrected chi connectivity index (χ2v) is 3.43. The molecule has 1 aromatic rings. The van der Waals surface area contributed by atoms with E-state index in [4.69, 9.17) is 15.6 Å². The molecule has 0 radical (unpaired) electrons. The summed E-state index contributed by atoms with van der Waals surface area (Å²) >= 11 is 4.57. The van der Waals surface area contributed by atoms with Gasteiger partial charge >= 0.3 is 5.97 Å². The minimum atomic E-state index is -1.03. The molecule has 0 amide bonds. The van der Waals surface area contributed by atoms with Crippen molar-refractivity contribution in [2.75, 3.05) is 6.61 Å². The van der Waals surface area contributed by atoms with Crippen LogP contribution in [0.1, 0.15) is 5.56 Å². The van der Waals surface area contributed by atoms with Crippen LogP contribution in [0.3, 0.4) is 0 Å². The molecule has 0 atom stereocenters. The Hall–Kier alpha value is -2.15. The lowest BCUT2D eigenvalue weighted by Crippen LogP contribution is -2.23. The van der Waals surface area contributed by atoms with Gasteiger partial charge in [0.2, 0.25) is 0 Å². The number of ether oxygens (including phenoxy) is 1. The predicted octanol–water partition coefficient (Wildman–Crippen LogP) is 0.317. The Morgan fingerprint density at radius 3 is 3.06 bits per heavy atom. The van der Waals surface area contributed by atoms with Crippen LogP contribution in [0.25, 0.3) is 0 Å². The number of nitrogens with zero attached hydrogens (tertiary/aromatic N) is 1. The van der Waals surface area contributed by atoms with E-state index in [1.807, 2.05) is 0 Å². The van der Waals surface area contributed by atoms with Crippen LogP contribution in [-0.2, 0) is 4.79 Å². The Balaban J connectivity index is 2.62. The van der Waals surface area contributed by atoms with Crippen LogP contribution in [0, 0.1) is 0 Å². The van der Waals surface area contributed by atoms with E-state index in [0.717, 1.165) is 5.56 Å². The molecule has 0 bridgehead atoms. The summed E-state index contributed by atoms with van der Waals surface area (Å²) < 4.78 is 5.00. The molecule has 0 aliphatic carbocycles. The van der Waals surface area contributed by atoms with Crippen molar-refractivity contribution in [3.8, 4) is 5.75 Å². The molecule has 0 saturated carbocycles. The van der Waals surface area contributed by atoms with Crippen LogP contribution in [0.5, 0.6) is 5.75 Å². The number of hydrogen-bond acceptors (Lipinski definition) is 4. The van der Waals surface area contributed by atoms with Crippen molar-refractivity contribution in [3.63, 3.8) is 0 Å². The Morgan fingerprint density at radius 1 is 1.65 bits per heavy atom. The topological polar surface area (TPSA) is 96.9 Å². The van der Waals surface area contributed by atoms with Crippen LogP contribution in [0.2, 0.25) is 0 Å². The van der Waals surface area contributed by atoms with Gasteiger partial charge in [0.1, 0.15) is 5.75 Å². The molecule has 4 N–H and O–H groups in total. The second kappa shape index (κ2) is 6.44. The van der Waals surface area contributed by atoms with Crippen molar-refractivity contribution in [1.82, 2.24) is 5.43 Å². The molecule has 0 fully saturated rings. The molecule has 0 aliphatic rings. The standard InChI is InChI=1S/C10H11N3O3S/c11-10(17)13-12-5-7-2-1-3-8(4-7)16-6-9(14)15/h1-5H,6H2,(H,14,15)(H3,11,13,17). The molecule has 17 heavy (non-hydrogen) atoms. The molecule has 90 valence electrons. The van der Waals surface area contributed by atoms with Crippen LogP contribution < -0.4 is 15.9 Å². The van der Waals surface area contributed by atoms with E-state index in [-0.39, 0.29) is 11.7 Å². The first-order chi connectivity index (χ1) is 8.08. The van der Waals surface area contributed by atoms with E-state index in [1.165, 1.54) is 6.21 Å². The minimum Gasteiger partial charge on any atom is -0.482 e. The van der Waals surface area contributed by atoms with Gasteiger partial charge in [-0.2, -0.15) is 5.10 Å². The fourth-order valence-electron chi connectivity index (χ4n) is 1.00. The number of nitrogens with one attached hydrogen (secondary N) is 1. The van der Waals surface area contributed by atoms with Crippen LogP contribution in [-0.4, -0.2) is 29.0 Å². The summed E-state index contributed by atoms with van der Waals surface area (Å²) in [6.07, 6.45) is 1.49. The van der Waals surface area contributed by atoms with Crippen LogP contribution in [0.15, 0.2) is 29.4 Å². The summed E-state index contributed by atoms with van der Waals surface area (Å²) in [5.41, 5.74) is 8.32. The number of carboxylic acids is 1.